The number of hydrogen-bond donors (Lipinski definition) is 1. The van der Waals surface area contributed by atoms with Gasteiger partial charge in [0.1, 0.15) is 5.76 Å². The summed E-state index contributed by atoms with van der Waals surface area (Å²) in [5.41, 5.74) is 5.77. The Labute approximate surface area is 71.3 Å². The van der Waals surface area contributed by atoms with Gasteiger partial charge in [-0.3, -0.25) is 0 Å². The van der Waals surface area contributed by atoms with Gasteiger partial charge in [-0.25, -0.2) is 0 Å². The first kappa shape index (κ1) is 8.62. The predicted molar refractivity (Wildman–Crippen MR) is 45.6 cm³/mol. The molecule has 2 N–H and O–H groups in total. The second-order valence-corrected chi connectivity index (χ2v) is 2.91. The quantitative estimate of drug-likeness (QED) is 0.764. The Morgan fingerprint density at radius 2 is 2.36 bits per heavy atom. The average Bonchev–Trinajstić information content (AvgIpc) is 2.36. The largest absolute Gasteiger partial charge is 0.448 e. The van der Waals surface area contributed by atoms with Crippen LogP contribution in [0.2, 0.25) is 5.22 Å². The van der Waals surface area contributed by atoms with Crippen LogP contribution in [-0.2, 0) is 0 Å². The minimum atomic E-state index is -0.00694. The second-order valence-electron chi connectivity index (χ2n) is 2.54. The van der Waals surface area contributed by atoms with Crippen molar-refractivity contribution in [1.29, 1.82) is 0 Å². The maximum Gasteiger partial charge on any atom is 0.193 e. The molecular formula is C8H12ClNO. The van der Waals surface area contributed by atoms with Crippen molar-refractivity contribution in [3.05, 3.63) is 23.1 Å². The first-order valence-corrected chi connectivity index (χ1v) is 4.12. The monoisotopic (exact) mass is 173 g/mol. The zero-order valence-corrected chi connectivity index (χ0v) is 7.27. The van der Waals surface area contributed by atoms with E-state index in [1.165, 1.54) is 0 Å². The fourth-order valence-corrected chi connectivity index (χ4v) is 1.13. The van der Waals surface area contributed by atoms with E-state index >= 15 is 0 Å². The van der Waals surface area contributed by atoms with Crippen LogP contribution in [0, 0.1) is 0 Å². The molecule has 2 nitrogen and oxygen atoms in total. The molecule has 1 unspecified atom stereocenters. The van der Waals surface area contributed by atoms with Crippen LogP contribution in [-0.4, -0.2) is 0 Å². The third-order valence-electron chi connectivity index (χ3n) is 1.56. The molecular weight excluding hydrogens is 162 g/mol. The summed E-state index contributed by atoms with van der Waals surface area (Å²) < 4.78 is 5.14. The fraction of sp³-hybridized carbons (Fsp3) is 0.500. The van der Waals surface area contributed by atoms with Crippen LogP contribution in [0.4, 0.5) is 0 Å². The predicted octanol–water partition coefficient (Wildman–Crippen LogP) is 2.73. The molecule has 0 bridgehead atoms. The molecule has 11 heavy (non-hydrogen) atoms. The molecule has 0 radical (unpaired) electrons. The van der Waals surface area contributed by atoms with Crippen molar-refractivity contribution in [2.24, 2.45) is 5.73 Å². The molecule has 1 aromatic heterocycles. The Kier molecular flexibility index (Phi) is 2.97. The van der Waals surface area contributed by atoms with Crippen LogP contribution >= 0.6 is 11.6 Å². The topological polar surface area (TPSA) is 39.2 Å². The first-order chi connectivity index (χ1) is 5.24. The number of hydrogen-bond acceptors (Lipinski definition) is 2. The summed E-state index contributed by atoms with van der Waals surface area (Å²) in [6, 6.07) is 3.53. The highest BCUT2D eigenvalue weighted by Crippen LogP contribution is 2.20. The van der Waals surface area contributed by atoms with E-state index in [-0.39, 0.29) is 6.04 Å². The van der Waals surface area contributed by atoms with Gasteiger partial charge in [-0.1, -0.05) is 13.3 Å². The number of furan rings is 1. The summed E-state index contributed by atoms with van der Waals surface area (Å²) in [5, 5.41) is 0.409. The molecule has 62 valence electrons. The second kappa shape index (κ2) is 3.79. The minimum Gasteiger partial charge on any atom is -0.448 e. The summed E-state index contributed by atoms with van der Waals surface area (Å²) in [6.45, 7) is 2.09. The van der Waals surface area contributed by atoms with Gasteiger partial charge < -0.3 is 10.2 Å². The normalized spacial score (nSPS) is 13.4. The van der Waals surface area contributed by atoms with E-state index in [2.05, 4.69) is 6.92 Å². The van der Waals surface area contributed by atoms with E-state index in [4.69, 9.17) is 21.8 Å². The molecule has 0 fully saturated rings. The molecule has 1 rings (SSSR count). The lowest BCUT2D eigenvalue weighted by Crippen LogP contribution is -2.08. The van der Waals surface area contributed by atoms with Crippen molar-refractivity contribution in [3.63, 3.8) is 0 Å². The molecule has 0 spiro atoms. The van der Waals surface area contributed by atoms with Gasteiger partial charge in [0, 0.05) is 0 Å². The van der Waals surface area contributed by atoms with E-state index in [0.717, 1.165) is 18.6 Å². The zero-order chi connectivity index (χ0) is 8.27. The Bertz CT molecular complexity index is 222. The van der Waals surface area contributed by atoms with Crippen LogP contribution in [0.5, 0.6) is 0 Å². The molecule has 1 atom stereocenters. The molecule has 3 heteroatoms. The molecule has 0 amide bonds. The van der Waals surface area contributed by atoms with E-state index in [1.807, 2.05) is 6.07 Å². The summed E-state index contributed by atoms with van der Waals surface area (Å²) in [6.07, 6.45) is 1.99. The molecule has 1 heterocycles. The standard InChI is InChI=1S/C8H12ClNO/c1-2-3-6(10)7-4-5-8(9)11-7/h4-6H,2-3,10H2,1H3. The SMILES string of the molecule is CCCC(N)c1ccc(Cl)o1. The maximum absolute atomic E-state index is 5.77. The average molecular weight is 174 g/mol. The van der Waals surface area contributed by atoms with Gasteiger partial charge >= 0.3 is 0 Å². The van der Waals surface area contributed by atoms with Crippen molar-refractivity contribution in [1.82, 2.24) is 0 Å². The van der Waals surface area contributed by atoms with Crippen molar-refractivity contribution >= 4 is 11.6 Å². The Balaban J connectivity index is 2.60. The van der Waals surface area contributed by atoms with E-state index in [0.29, 0.717) is 5.22 Å². The highest BCUT2D eigenvalue weighted by atomic mass is 35.5. The van der Waals surface area contributed by atoms with Gasteiger partial charge in [-0.05, 0) is 30.2 Å². The van der Waals surface area contributed by atoms with Crippen molar-refractivity contribution in [3.8, 4) is 0 Å². The summed E-state index contributed by atoms with van der Waals surface area (Å²) in [4.78, 5) is 0. The third kappa shape index (κ3) is 2.24. The molecule has 0 aliphatic rings. The Hall–Kier alpha value is -0.470. The highest BCUT2D eigenvalue weighted by Gasteiger charge is 2.08. The Morgan fingerprint density at radius 3 is 2.82 bits per heavy atom. The van der Waals surface area contributed by atoms with Crippen molar-refractivity contribution in [2.45, 2.75) is 25.8 Å². The highest BCUT2D eigenvalue weighted by molar-refractivity contribution is 6.28. The lowest BCUT2D eigenvalue weighted by Gasteiger charge is -2.04. The number of rotatable bonds is 3. The summed E-state index contributed by atoms with van der Waals surface area (Å²) >= 11 is 5.58. The van der Waals surface area contributed by atoms with Gasteiger partial charge in [0.2, 0.25) is 0 Å². The third-order valence-corrected chi connectivity index (χ3v) is 1.76. The van der Waals surface area contributed by atoms with Gasteiger partial charge in [-0.2, -0.15) is 0 Å². The summed E-state index contributed by atoms with van der Waals surface area (Å²) in [5.74, 6) is 0.775. The van der Waals surface area contributed by atoms with Gasteiger partial charge in [0.25, 0.3) is 0 Å². The molecule has 0 aromatic carbocycles. The van der Waals surface area contributed by atoms with Gasteiger partial charge in [-0.15, -0.1) is 0 Å². The molecule has 0 aliphatic heterocycles. The molecule has 0 aliphatic carbocycles. The van der Waals surface area contributed by atoms with E-state index in [9.17, 15) is 0 Å². The molecule has 1 aromatic rings. The Morgan fingerprint density at radius 1 is 1.64 bits per heavy atom. The van der Waals surface area contributed by atoms with Crippen molar-refractivity contribution in [2.75, 3.05) is 0 Å². The van der Waals surface area contributed by atoms with Gasteiger partial charge in [0.15, 0.2) is 5.22 Å². The number of nitrogens with two attached hydrogens (primary N) is 1. The number of halogens is 1. The molecule has 0 saturated carbocycles. The maximum atomic E-state index is 5.77. The fourth-order valence-electron chi connectivity index (χ4n) is 0.981. The lowest BCUT2D eigenvalue weighted by molar-refractivity contribution is 0.451. The molecule has 0 saturated heterocycles. The van der Waals surface area contributed by atoms with Crippen LogP contribution in [0.15, 0.2) is 16.5 Å². The van der Waals surface area contributed by atoms with Crippen LogP contribution in [0.25, 0.3) is 0 Å². The van der Waals surface area contributed by atoms with E-state index < -0.39 is 0 Å². The lowest BCUT2D eigenvalue weighted by atomic mass is 10.1. The summed E-state index contributed by atoms with van der Waals surface area (Å²) in [7, 11) is 0. The zero-order valence-electron chi connectivity index (χ0n) is 6.51. The van der Waals surface area contributed by atoms with E-state index in [1.54, 1.807) is 6.07 Å². The van der Waals surface area contributed by atoms with Crippen LogP contribution in [0.3, 0.4) is 0 Å². The smallest absolute Gasteiger partial charge is 0.193 e. The first-order valence-electron chi connectivity index (χ1n) is 3.75. The minimum absolute atomic E-state index is 0.00694. The van der Waals surface area contributed by atoms with Gasteiger partial charge in [0.05, 0.1) is 6.04 Å². The van der Waals surface area contributed by atoms with Crippen LogP contribution in [0.1, 0.15) is 31.6 Å². The van der Waals surface area contributed by atoms with Crippen molar-refractivity contribution < 1.29 is 4.42 Å². The van der Waals surface area contributed by atoms with Crippen LogP contribution < -0.4 is 5.73 Å².